The zero-order valence-corrected chi connectivity index (χ0v) is 10.8. The second kappa shape index (κ2) is 8.40. The third-order valence-corrected chi connectivity index (χ3v) is 2.71. The molecule has 1 aromatic carbocycles. The van der Waals surface area contributed by atoms with Crippen LogP contribution in [0.5, 0.6) is 5.75 Å². The number of rotatable bonds is 9. The van der Waals surface area contributed by atoms with Crippen LogP contribution in [0.15, 0.2) is 36.9 Å². The molecule has 4 heteroatoms. The van der Waals surface area contributed by atoms with E-state index in [0.717, 1.165) is 25.7 Å². The maximum Gasteiger partial charge on any atom is 0.387 e. The summed E-state index contributed by atoms with van der Waals surface area (Å²) in [5.74, 6) is 0.0970. The van der Waals surface area contributed by atoms with Gasteiger partial charge in [-0.1, -0.05) is 12.5 Å². The summed E-state index contributed by atoms with van der Waals surface area (Å²) in [5, 5.41) is 0. The van der Waals surface area contributed by atoms with Gasteiger partial charge in [0.1, 0.15) is 5.75 Å². The summed E-state index contributed by atoms with van der Waals surface area (Å²) in [6, 6.07) is 5.81. The molecule has 0 aromatic heterocycles. The summed E-state index contributed by atoms with van der Waals surface area (Å²) in [4.78, 5) is 11.8. The molecule has 1 aromatic rings. The number of hydrogen-bond donors (Lipinski definition) is 0. The zero-order chi connectivity index (χ0) is 14.1. The van der Waals surface area contributed by atoms with Crippen molar-refractivity contribution in [3.8, 4) is 5.75 Å². The summed E-state index contributed by atoms with van der Waals surface area (Å²) < 4.78 is 28.1. The molecule has 0 aliphatic heterocycles. The maximum absolute atomic E-state index is 12.0. The predicted octanol–water partition coefficient (Wildman–Crippen LogP) is 4.61. The molecule has 0 fully saturated rings. The molecule has 2 nitrogen and oxygen atoms in total. The van der Waals surface area contributed by atoms with Gasteiger partial charge < -0.3 is 4.74 Å². The van der Waals surface area contributed by atoms with Gasteiger partial charge in [-0.25, -0.2) is 0 Å². The van der Waals surface area contributed by atoms with Gasteiger partial charge in [-0.2, -0.15) is 8.78 Å². The van der Waals surface area contributed by atoms with Crippen molar-refractivity contribution in [1.82, 2.24) is 0 Å². The number of ether oxygens (including phenoxy) is 1. The molecule has 0 aliphatic carbocycles. The highest BCUT2D eigenvalue weighted by molar-refractivity contribution is 5.96. The Morgan fingerprint density at radius 1 is 1.21 bits per heavy atom. The molecule has 0 aliphatic rings. The monoisotopic (exact) mass is 268 g/mol. The van der Waals surface area contributed by atoms with Crippen LogP contribution in [0.2, 0.25) is 0 Å². The highest BCUT2D eigenvalue weighted by atomic mass is 19.3. The molecule has 19 heavy (non-hydrogen) atoms. The molecular formula is C15H18F2O2. The van der Waals surface area contributed by atoms with Crippen molar-refractivity contribution < 1.29 is 18.3 Å². The number of ketones is 1. The van der Waals surface area contributed by atoms with Crippen molar-refractivity contribution in [3.05, 3.63) is 42.5 Å². The van der Waals surface area contributed by atoms with Gasteiger partial charge in [0.15, 0.2) is 5.78 Å². The molecule has 0 N–H and O–H groups in total. The van der Waals surface area contributed by atoms with E-state index in [4.69, 9.17) is 0 Å². The molecule has 1 rings (SSSR count). The molecule has 0 atom stereocenters. The Morgan fingerprint density at radius 2 is 1.89 bits per heavy atom. The third kappa shape index (κ3) is 6.13. The lowest BCUT2D eigenvalue weighted by Crippen LogP contribution is -2.03. The first kappa shape index (κ1) is 15.3. The number of halogens is 2. The number of alkyl halides is 2. The van der Waals surface area contributed by atoms with Crippen LogP contribution in [0.1, 0.15) is 42.5 Å². The average Bonchev–Trinajstić information content (AvgIpc) is 2.38. The predicted molar refractivity (Wildman–Crippen MR) is 70.7 cm³/mol. The van der Waals surface area contributed by atoms with Crippen LogP contribution in [0.25, 0.3) is 0 Å². The highest BCUT2D eigenvalue weighted by Crippen LogP contribution is 2.16. The quantitative estimate of drug-likeness (QED) is 0.371. The van der Waals surface area contributed by atoms with Gasteiger partial charge in [0.25, 0.3) is 0 Å². The van der Waals surface area contributed by atoms with Crippen molar-refractivity contribution in [2.24, 2.45) is 0 Å². The lowest BCUT2D eigenvalue weighted by molar-refractivity contribution is -0.0498. The number of unbranched alkanes of at least 4 members (excludes halogenated alkanes) is 3. The Labute approximate surface area is 112 Å². The van der Waals surface area contributed by atoms with Crippen LogP contribution in [0.4, 0.5) is 8.78 Å². The molecule has 104 valence electrons. The molecule has 0 saturated heterocycles. The molecule has 0 bridgehead atoms. The number of Topliss-reactive ketones (excluding diaryl/α,β-unsaturated/α-hetero) is 1. The molecule has 0 unspecified atom stereocenters. The minimum Gasteiger partial charge on any atom is -0.435 e. The number of hydrogen-bond acceptors (Lipinski definition) is 2. The number of carbonyl (C=O) groups is 1. The Morgan fingerprint density at radius 3 is 2.47 bits per heavy atom. The lowest BCUT2D eigenvalue weighted by atomic mass is 10.0. The summed E-state index contributed by atoms with van der Waals surface area (Å²) in [5.41, 5.74) is 0.533. The van der Waals surface area contributed by atoms with E-state index < -0.39 is 6.61 Å². The standard InChI is InChI=1S/C15H18F2O2/c1-2-3-4-5-6-7-14(18)12-8-10-13(11-9-12)19-15(16)17/h2,8-11,15H,1,3-7H2. The van der Waals surface area contributed by atoms with E-state index in [0.29, 0.717) is 12.0 Å². The second-order valence-electron chi connectivity index (χ2n) is 4.21. The number of carbonyl (C=O) groups excluding carboxylic acids is 1. The highest BCUT2D eigenvalue weighted by Gasteiger charge is 2.07. The largest absolute Gasteiger partial charge is 0.435 e. The van der Waals surface area contributed by atoms with Crippen molar-refractivity contribution in [2.45, 2.75) is 38.7 Å². The zero-order valence-electron chi connectivity index (χ0n) is 10.8. The van der Waals surface area contributed by atoms with E-state index >= 15 is 0 Å². The van der Waals surface area contributed by atoms with E-state index in [-0.39, 0.29) is 11.5 Å². The van der Waals surface area contributed by atoms with Gasteiger partial charge in [0.2, 0.25) is 0 Å². The first-order chi connectivity index (χ1) is 9.13. The van der Waals surface area contributed by atoms with Crippen molar-refractivity contribution in [3.63, 3.8) is 0 Å². The van der Waals surface area contributed by atoms with E-state index in [9.17, 15) is 13.6 Å². The Balaban J connectivity index is 2.38. The molecular weight excluding hydrogens is 250 g/mol. The Kier molecular flexibility index (Phi) is 6.79. The van der Waals surface area contributed by atoms with E-state index in [1.165, 1.54) is 24.3 Å². The summed E-state index contributed by atoms with van der Waals surface area (Å²) in [6.07, 6.45) is 6.17. The van der Waals surface area contributed by atoms with Crippen LogP contribution in [0.3, 0.4) is 0 Å². The molecule has 0 heterocycles. The van der Waals surface area contributed by atoms with Gasteiger partial charge in [-0.05, 0) is 43.5 Å². The Bertz CT molecular complexity index is 399. The maximum atomic E-state index is 12.0. The number of allylic oxidation sites excluding steroid dienone is 1. The first-order valence-electron chi connectivity index (χ1n) is 6.32. The fourth-order valence-corrected chi connectivity index (χ4v) is 1.72. The van der Waals surface area contributed by atoms with Gasteiger partial charge >= 0.3 is 6.61 Å². The average molecular weight is 268 g/mol. The van der Waals surface area contributed by atoms with Crippen LogP contribution < -0.4 is 4.74 Å². The fourth-order valence-electron chi connectivity index (χ4n) is 1.72. The minimum absolute atomic E-state index is 0.0298. The van der Waals surface area contributed by atoms with Gasteiger partial charge in [0, 0.05) is 12.0 Å². The van der Waals surface area contributed by atoms with Crippen LogP contribution in [-0.4, -0.2) is 12.4 Å². The van der Waals surface area contributed by atoms with Crippen molar-refractivity contribution >= 4 is 5.78 Å². The summed E-state index contributed by atoms with van der Waals surface area (Å²) in [7, 11) is 0. The molecule has 0 radical (unpaired) electrons. The summed E-state index contributed by atoms with van der Waals surface area (Å²) in [6.45, 7) is 0.796. The van der Waals surface area contributed by atoms with E-state index in [2.05, 4.69) is 11.3 Å². The number of benzene rings is 1. The third-order valence-electron chi connectivity index (χ3n) is 2.71. The topological polar surface area (TPSA) is 26.3 Å². The molecule has 0 spiro atoms. The van der Waals surface area contributed by atoms with Gasteiger partial charge in [-0.3, -0.25) is 4.79 Å². The smallest absolute Gasteiger partial charge is 0.387 e. The van der Waals surface area contributed by atoms with E-state index in [1.54, 1.807) is 0 Å². The summed E-state index contributed by atoms with van der Waals surface area (Å²) >= 11 is 0. The van der Waals surface area contributed by atoms with Crippen LogP contribution in [0, 0.1) is 0 Å². The normalized spacial score (nSPS) is 10.5. The first-order valence-corrected chi connectivity index (χ1v) is 6.32. The van der Waals surface area contributed by atoms with Crippen molar-refractivity contribution in [1.29, 1.82) is 0 Å². The van der Waals surface area contributed by atoms with Crippen molar-refractivity contribution in [2.75, 3.05) is 0 Å². The van der Waals surface area contributed by atoms with E-state index in [1.807, 2.05) is 6.08 Å². The molecule has 0 saturated carbocycles. The molecule has 0 amide bonds. The van der Waals surface area contributed by atoms with Crippen LogP contribution in [-0.2, 0) is 0 Å². The van der Waals surface area contributed by atoms with Gasteiger partial charge in [-0.15, -0.1) is 6.58 Å². The second-order valence-corrected chi connectivity index (χ2v) is 4.21. The SMILES string of the molecule is C=CCCCCCC(=O)c1ccc(OC(F)F)cc1. The lowest BCUT2D eigenvalue weighted by Gasteiger charge is -2.05. The van der Waals surface area contributed by atoms with Crippen LogP contribution >= 0.6 is 0 Å². The fraction of sp³-hybridized carbons (Fsp3) is 0.400. The van der Waals surface area contributed by atoms with Gasteiger partial charge in [0.05, 0.1) is 0 Å². The Hall–Kier alpha value is -1.71. The minimum atomic E-state index is -2.84.